The van der Waals surface area contributed by atoms with Crippen molar-refractivity contribution >= 4 is 17.5 Å². The largest absolute Gasteiger partial charge is 0.494 e. The lowest BCUT2D eigenvalue weighted by atomic mass is 10.2. The molecule has 7 heteroatoms. The maximum Gasteiger partial charge on any atom is 0.411 e. The van der Waals surface area contributed by atoms with Gasteiger partial charge in [0, 0.05) is 32.2 Å². The summed E-state index contributed by atoms with van der Waals surface area (Å²) in [5.74, 6) is 0.765. The fourth-order valence-corrected chi connectivity index (χ4v) is 2.49. The van der Waals surface area contributed by atoms with E-state index < -0.39 is 6.09 Å². The SMILES string of the molecule is CCOC(=O)Nc1ccc(OCC)cc1NCCN1CCOCC1. The predicted octanol–water partition coefficient (Wildman–Crippen LogP) is 2.40. The van der Waals surface area contributed by atoms with Crippen LogP contribution in [0.4, 0.5) is 16.2 Å². The van der Waals surface area contributed by atoms with E-state index in [1.165, 1.54) is 0 Å². The summed E-state index contributed by atoms with van der Waals surface area (Å²) in [4.78, 5) is 14.0. The molecule has 0 aliphatic carbocycles. The second-order valence-corrected chi connectivity index (χ2v) is 5.37. The van der Waals surface area contributed by atoms with Crippen molar-refractivity contribution in [2.45, 2.75) is 13.8 Å². The molecule has 2 rings (SSSR count). The lowest BCUT2D eigenvalue weighted by Crippen LogP contribution is -2.39. The van der Waals surface area contributed by atoms with Crippen LogP contribution in [0.25, 0.3) is 0 Å². The van der Waals surface area contributed by atoms with E-state index in [0.717, 1.165) is 50.8 Å². The third-order valence-corrected chi connectivity index (χ3v) is 3.66. The molecule has 0 radical (unpaired) electrons. The summed E-state index contributed by atoms with van der Waals surface area (Å²) in [7, 11) is 0. The molecule has 1 aromatic carbocycles. The molecule has 1 aliphatic rings. The molecule has 24 heavy (non-hydrogen) atoms. The molecular weight excluding hydrogens is 310 g/mol. The Morgan fingerprint density at radius 2 is 2.00 bits per heavy atom. The molecule has 1 aliphatic heterocycles. The van der Waals surface area contributed by atoms with Gasteiger partial charge in [-0.3, -0.25) is 10.2 Å². The molecule has 2 N–H and O–H groups in total. The van der Waals surface area contributed by atoms with Gasteiger partial charge in [0.05, 0.1) is 37.8 Å². The number of benzene rings is 1. The van der Waals surface area contributed by atoms with Gasteiger partial charge in [-0.05, 0) is 26.0 Å². The first kappa shape index (κ1) is 18.4. The van der Waals surface area contributed by atoms with Gasteiger partial charge in [0.15, 0.2) is 0 Å². The van der Waals surface area contributed by atoms with Gasteiger partial charge >= 0.3 is 6.09 Å². The number of carbonyl (C=O) groups is 1. The van der Waals surface area contributed by atoms with Crippen LogP contribution < -0.4 is 15.4 Å². The number of hydrogen-bond acceptors (Lipinski definition) is 6. The van der Waals surface area contributed by atoms with Gasteiger partial charge in [0.25, 0.3) is 0 Å². The molecule has 7 nitrogen and oxygen atoms in total. The van der Waals surface area contributed by atoms with Crippen LogP contribution in [-0.4, -0.2) is 63.6 Å². The van der Waals surface area contributed by atoms with Crippen LogP contribution in [0.5, 0.6) is 5.75 Å². The summed E-state index contributed by atoms with van der Waals surface area (Å²) in [5.41, 5.74) is 1.50. The molecule has 1 saturated heterocycles. The topological polar surface area (TPSA) is 72.1 Å². The Morgan fingerprint density at radius 1 is 1.21 bits per heavy atom. The van der Waals surface area contributed by atoms with Crippen LogP contribution in [0.15, 0.2) is 18.2 Å². The second-order valence-electron chi connectivity index (χ2n) is 5.37. The summed E-state index contributed by atoms with van der Waals surface area (Å²) >= 11 is 0. The molecular formula is C17H27N3O4. The zero-order valence-electron chi connectivity index (χ0n) is 14.5. The van der Waals surface area contributed by atoms with Gasteiger partial charge in [-0.15, -0.1) is 0 Å². The van der Waals surface area contributed by atoms with Crippen LogP contribution >= 0.6 is 0 Å². The van der Waals surface area contributed by atoms with E-state index >= 15 is 0 Å². The van der Waals surface area contributed by atoms with E-state index in [0.29, 0.717) is 18.9 Å². The van der Waals surface area contributed by atoms with Gasteiger partial charge in [-0.25, -0.2) is 4.79 Å². The van der Waals surface area contributed by atoms with E-state index in [1.807, 2.05) is 25.1 Å². The van der Waals surface area contributed by atoms with Crippen molar-refractivity contribution in [3.8, 4) is 5.75 Å². The molecule has 1 heterocycles. The third-order valence-electron chi connectivity index (χ3n) is 3.66. The second kappa shape index (κ2) is 10.00. The van der Waals surface area contributed by atoms with E-state index in [-0.39, 0.29) is 0 Å². The molecule has 1 aromatic rings. The van der Waals surface area contributed by atoms with Crippen molar-refractivity contribution in [1.29, 1.82) is 0 Å². The Labute approximate surface area is 143 Å². The number of ether oxygens (including phenoxy) is 3. The minimum absolute atomic E-state index is 0.336. The third kappa shape index (κ3) is 5.90. The van der Waals surface area contributed by atoms with Crippen LogP contribution in [-0.2, 0) is 9.47 Å². The monoisotopic (exact) mass is 337 g/mol. The first-order valence-electron chi connectivity index (χ1n) is 8.47. The summed E-state index contributed by atoms with van der Waals surface area (Å²) in [5, 5.41) is 6.13. The highest BCUT2D eigenvalue weighted by Crippen LogP contribution is 2.27. The minimum atomic E-state index is -0.460. The maximum absolute atomic E-state index is 11.7. The van der Waals surface area contributed by atoms with E-state index in [1.54, 1.807) is 6.92 Å². The van der Waals surface area contributed by atoms with Crippen LogP contribution in [0, 0.1) is 0 Å². The number of rotatable bonds is 8. The Kier molecular flexibility index (Phi) is 7.64. The molecule has 0 spiro atoms. The lowest BCUT2D eigenvalue weighted by Gasteiger charge is -2.26. The zero-order chi connectivity index (χ0) is 17.2. The molecule has 134 valence electrons. The highest BCUT2D eigenvalue weighted by molar-refractivity contribution is 5.89. The van der Waals surface area contributed by atoms with E-state index in [4.69, 9.17) is 14.2 Å². The summed E-state index contributed by atoms with van der Waals surface area (Å²) in [6, 6.07) is 5.54. The Bertz CT molecular complexity index is 519. The minimum Gasteiger partial charge on any atom is -0.494 e. The highest BCUT2D eigenvalue weighted by atomic mass is 16.5. The first-order chi connectivity index (χ1) is 11.7. The summed E-state index contributed by atoms with van der Waals surface area (Å²) in [6.07, 6.45) is -0.460. The van der Waals surface area contributed by atoms with Gasteiger partial charge < -0.3 is 19.5 Å². The average molecular weight is 337 g/mol. The van der Waals surface area contributed by atoms with Gasteiger partial charge in [-0.1, -0.05) is 0 Å². The number of amides is 1. The predicted molar refractivity (Wildman–Crippen MR) is 94.0 cm³/mol. The Hall–Kier alpha value is -1.99. The molecule has 0 aromatic heterocycles. The Morgan fingerprint density at radius 3 is 2.71 bits per heavy atom. The average Bonchev–Trinajstić information content (AvgIpc) is 2.58. The van der Waals surface area contributed by atoms with Gasteiger partial charge in [-0.2, -0.15) is 0 Å². The number of carbonyl (C=O) groups excluding carboxylic acids is 1. The van der Waals surface area contributed by atoms with Crippen molar-refractivity contribution in [2.24, 2.45) is 0 Å². The fourth-order valence-electron chi connectivity index (χ4n) is 2.49. The van der Waals surface area contributed by atoms with Crippen LogP contribution in [0.3, 0.4) is 0 Å². The van der Waals surface area contributed by atoms with Crippen molar-refractivity contribution in [3.63, 3.8) is 0 Å². The quantitative estimate of drug-likeness (QED) is 0.759. The highest BCUT2D eigenvalue weighted by Gasteiger charge is 2.12. The summed E-state index contributed by atoms with van der Waals surface area (Å²) < 4.78 is 15.8. The molecule has 1 fully saturated rings. The van der Waals surface area contributed by atoms with Crippen molar-refractivity contribution in [1.82, 2.24) is 4.90 Å². The molecule has 0 bridgehead atoms. The zero-order valence-corrected chi connectivity index (χ0v) is 14.5. The van der Waals surface area contributed by atoms with Crippen LogP contribution in [0.1, 0.15) is 13.8 Å². The maximum atomic E-state index is 11.7. The van der Waals surface area contributed by atoms with E-state index in [2.05, 4.69) is 15.5 Å². The first-order valence-corrected chi connectivity index (χ1v) is 8.47. The number of nitrogens with one attached hydrogen (secondary N) is 2. The number of morpholine rings is 1. The van der Waals surface area contributed by atoms with E-state index in [9.17, 15) is 4.79 Å². The molecule has 0 saturated carbocycles. The number of hydrogen-bond donors (Lipinski definition) is 2. The van der Waals surface area contributed by atoms with Crippen LogP contribution in [0.2, 0.25) is 0 Å². The Balaban J connectivity index is 1.97. The molecule has 0 unspecified atom stereocenters. The van der Waals surface area contributed by atoms with Crippen molar-refractivity contribution in [3.05, 3.63) is 18.2 Å². The summed E-state index contributed by atoms with van der Waals surface area (Å²) in [6.45, 7) is 9.82. The number of nitrogens with zero attached hydrogens (tertiary/aromatic N) is 1. The number of anilines is 2. The molecule has 1 amide bonds. The lowest BCUT2D eigenvalue weighted by molar-refractivity contribution is 0.0398. The standard InChI is InChI=1S/C17H27N3O4/c1-3-23-14-5-6-15(19-17(21)24-4-2)16(13-14)18-7-8-20-9-11-22-12-10-20/h5-6,13,18H,3-4,7-12H2,1-2H3,(H,19,21). The van der Waals surface area contributed by atoms with Crippen molar-refractivity contribution in [2.75, 3.05) is 63.2 Å². The van der Waals surface area contributed by atoms with Crippen molar-refractivity contribution < 1.29 is 19.0 Å². The smallest absolute Gasteiger partial charge is 0.411 e. The fraction of sp³-hybridized carbons (Fsp3) is 0.588. The normalized spacial score (nSPS) is 14.9. The molecule has 0 atom stereocenters. The van der Waals surface area contributed by atoms with Gasteiger partial charge in [0.1, 0.15) is 5.75 Å². The van der Waals surface area contributed by atoms with Gasteiger partial charge in [0.2, 0.25) is 0 Å².